The Morgan fingerprint density at radius 1 is 1.29 bits per heavy atom. The molecule has 2 amide bonds. The van der Waals surface area contributed by atoms with E-state index >= 15 is 0 Å². The number of anilines is 1. The normalized spacial score (nSPS) is 21.9. The third kappa shape index (κ3) is 4.70. The van der Waals surface area contributed by atoms with Crippen molar-refractivity contribution in [1.29, 1.82) is 0 Å². The Labute approximate surface area is 209 Å². The molecular formula is C24H23ClF2N4O3S. The van der Waals surface area contributed by atoms with Crippen LogP contribution in [0.4, 0.5) is 14.5 Å². The van der Waals surface area contributed by atoms with Gasteiger partial charge in [0.25, 0.3) is 12.3 Å². The largest absolute Gasteiger partial charge is 0.376 e. The van der Waals surface area contributed by atoms with Gasteiger partial charge in [0.15, 0.2) is 0 Å². The lowest BCUT2D eigenvalue weighted by Crippen LogP contribution is -2.54. The first-order chi connectivity index (χ1) is 16.8. The smallest absolute Gasteiger partial charge is 0.264 e. The number of hydrogen-bond donors (Lipinski definition) is 1. The molecule has 3 aromatic rings. The van der Waals surface area contributed by atoms with E-state index in [0.29, 0.717) is 34.3 Å². The van der Waals surface area contributed by atoms with Gasteiger partial charge in [-0.25, -0.2) is 8.78 Å². The van der Waals surface area contributed by atoms with Crippen molar-refractivity contribution in [3.8, 4) is 11.3 Å². The average Bonchev–Trinajstić information content (AvgIpc) is 3.57. The molecule has 35 heavy (non-hydrogen) atoms. The zero-order valence-electron chi connectivity index (χ0n) is 18.8. The van der Waals surface area contributed by atoms with Gasteiger partial charge in [0, 0.05) is 43.2 Å². The van der Waals surface area contributed by atoms with Crippen molar-refractivity contribution in [2.75, 3.05) is 18.5 Å². The number of halogens is 3. The van der Waals surface area contributed by atoms with Crippen molar-refractivity contribution in [2.45, 2.75) is 31.4 Å². The number of rotatable bonds is 5. The molecule has 2 aromatic heterocycles. The summed E-state index contributed by atoms with van der Waals surface area (Å²) in [5.41, 5.74) is 1.66. The van der Waals surface area contributed by atoms with Gasteiger partial charge in [0.2, 0.25) is 5.91 Å². The van der Waals surface area contributed by atoms with E-state index in [-0.39, 0.29) is 36.1 Å². The second kappa shape index (κ2) is 9.67. The number of nitrogens with zero attached hydrogens (tertiary/aromatic N) is 3. The number of ether oxygens (including phenoxy) is 1. The molecule has 1 unspecified atom stereocenters. The van der Waals surface area contributed by atoms with Gasteiger partial charge in [-0.3, -0.25) is 14.3 Å². The molecule has 3 atom stereocenters. The number of hydrogen-bond acceptors (Lipinski definition) is 5. The molecule has 0 radical (unpaired) electrons. The summed E-state index contributed by atoms with van der Waals surface area (Å²) in [6.45, 7) is 0.718. The monoisotopic (exact) mass is 520 g/mol. The topological polar surface area (TPSA) is 76.5 Å². The number of thiophene rings is 1. The van der Waals surface area contributed by atoms with Crippen LogP contribution in [0.15, 0.2) is 42.6 Å². The number of amides is 2. The van der Waals surface area contributed by atoms with Crippen molar-refractivity contribution in [3.05, 3.63) is 57.4 Å². The summed E-state index contributed by atoms with van der Waals surface area (Å²) < 4.78 is 34.1. The van der Waals surface area contributed by atoms with Crippen LogP contribution in [0.3, 0.4) is 0 Å². The molecule has 2 aliphatic rings. The molecule has 0 bridgehead atoms. The molecule has 184 valence electrons. The number of benzene rings is 1. The Morgan fingerprint density at radius 3 is 2.86 bits per heavy atom. The lowest BCUT2D eigenvalue weighted by Gasteiger charge is -2.40. The predicted octanol–water partition coefficient (Wildman–Crippen LogP) is 5.00. The van der Waals surface area contributed by atoms with E-state index in [1.807, 2.05) is 6.07 Å². The molecule has 0 aliphatic carbocycles. The van der Waals surface area contributed by atoms with Crippen molar-refractivity contribution in [1.82, 2.24) is 14.7 Å². The van der Waals surface area contributed by atoms with Crippen LogP contribution < -0.4 is 5.32 Å². The van der Waals surface area contributed by atoms with Gasteiger partial charge in [0.1, 0.15) is 4.34 Å². The molecule has 7 nitrogen and oxygen atoms in total. The Kier molecular flexibility index (Phi) is 6.61. The van der Waals surface area contributed by atoms with Gasteiger partial charge in [-0.15, -0.1) is 11.3 Å². The van der Waals surface area contributed by atoms with E-state index in [2.05, 4.69) is 10.4 Å². The minimum atomic E-state index is -2.63. The predicted molar refractivity (Wildman–Crippen MR) is 129 cm³/mol. The third-order valence-electron chi connectivity index (χ3n) is 6.54. The lowest BCUT2D eigenvalue weighted by molar-refractivity contribution is -0.123. The van der Waals surface area contributed by atoms with Crippen LogP contribution in [0.25, 0.3) is 11.3 Å². The summed E-state index contributed by atoms with van der Waals surface area (Å²) in [6.07, 6.45) is -0.0790. The minimum Gasteiger partial charge on any atom is -0.376 e. The number of alkyl halides is 2. The van der Waals surface area contributed by atoms with Crippen LogP contribution in [-0.2, 0) is 16.6 Å². The second-order valence-electron chi connectivity index (χ2n) is 8.71. The Bertz CT molecular complexity index is 1260. The maximum Gasteiger partial charge on any atom is 0.264 e. The first-order valence-corrected chi connectivity index (χ1v) is 12.4. The fourth-order valence-corrected chi connectivity index (χ4v) is 6.04. The number of carbonyl (C=O) groups is 2. The Hall–Kier alpha value is -2.82. The highest BCUT2D eigenvalue weighted by Crippen LogP contribution is 2.38. The number of nitrogens with one attached hydrogen (secondary N) is 1. The summed E-state index contributed by atoms with van der Waals surface area (Å²) in [5, 5.41) is 6.90. The Morgan fingerprint density at radius 2 is 2.11 bits per heavy atom. The average molecular weight is 521 g/mol. The summed E-state index contributed by atoms with van der Waals surface area (Å²) in [5.74, 6) is -1.08. The van der Waals surface area contributed by atoms with Crippen LogP contribution in [0.5, 0.6) is 0 Å². The zero-order chi connectivity index (χ0) is 24.7. The van der Waals surface area contributed by atoms with Gasteiger partial charge in [-0.2, -0.15) is 5.10 Å². The fraction of sp³-hybridized carbons (Fsp3) is 0.375. The minimum absolute atomic E-state index is 0.130. The van der Waals surface area contributed by atoms with E-state index in [9.17, 15) is 18.4 Å². The Balaban J connectivity index is 1.36. The van der Waals surface area contributed by atoms with Gasteiger partial charge in [-0.1, -0.05) is 23.7 Å². The van der Waals surface area contributed by atoms with Crippen LogP contribution in [0.1, 0.15) is 34.5 Å². The molecule has 5 rings (SSSR count). The highest BCUT2D eigenvalue weighted by molar-refractivity contribution is 7.18. The van der Waals surface area contributed by atoms with Crippen LogP contribution in [-0.4, -0.2) is 51.8 Å². The third-order valence-corrected chi connectivity index (χ3v) is 7.89. The number of carbonyl (C=O) groups excluding carboxylic acids is 2. The van der Waals surface area contributed by atoms with Gasteiger partial charge < -0.3 is 15.0 Å². The number of aromatic nitrogens is 2. The summed E-state index contributed by atoms with van der Waals surface area (Å²) in [4.78, 5) is 28.8. The molecule has 2 fully saturated rings. The highest BCUT2D eigenvalue weighted by Gasteiger charge is 2.44. The molecule has 4 heterocycles. The maximum atomic E-state index is 13.6. The van der Waals surface area contributed by atoms with E-state index in [4.69, 9.17) is 16.3 Å². The highest BCUT2D eigenvalue weighted by atomic mass is 35.5. The summed E-state index contributed by atoms with van der Waals surface area (Å²) >= 11 is 7.67. The SMILES string of the molecule is Cn1nccc1-c1cc(C(=O)N2CC(C(=O)Nc3cccc(C(F)F)c3)C[C@@H]3OCC[C@H]32)sc1Cl. The number of aryl methyl sites for hydroxylation is 1. The summed E-state index contributed by atoms with van der Waals surface area (Å²) in [7, 11) is 1.80. The van der Waals surface area contributed by atoms with E-state index in [0.717, 1.165) is 11.3 Å². The molecule has 1 N–H and O–H groups in total. The maximum absolute atomic E-state index is 13.6. The van der Waals surface area contributed by atoms with Crippen molar-refractivity contribution < 1.29 is 23.1 Å². The lowest BCUT2D eigenvalue weighted by atomic mass is 9.89. The van der Waals surface area contributed by atoms with Gasteiger partial charge >= 0.3 is 0 Å². The molecule has 0 saturated carbocycles. The molecule has 2 aliphatic heterocycles. The number of fused-ring (bicyclic) bond motifs is 1. The first kappa shape index (κ1) is 23.9. The number of piperidine rings is 1. The van der Waals surface area contributed by atoms with Gasteiger partial charge in [0.05, 0.1) is 28.6 Å². The van der Waals surface area contributed by atoms with E-state index in [1.165, 1.54) is 29.5 Å². The van der Waals surface area contributed by atoms with E-state index < -0.39 is 12.3 Å². The quantitative estimate of drug-likeness (QED) is 0.514. The molecule has 0 spiro atoms. The van der Waals surface area contributed by atoms with Crippen molar-refractivity contribution >= 4 is 40.4 Å². The summed E-state index contributed by atoms with van der Waals surface area (Å²) in [6, 6.07) is 9.07. The fourth-order valence-electron chi connectivity index (χ4n) is 4.80. The first-order valence-electron chi connectivity index (χ1n) is 11.2. The van der Waals surface area contributed by atoms with Crippen LogP contribution in [0.2, 0.25) is 4.34 Å². The van der Waals surface area contributed by atoms with Gasteiger partial charge in [-0.05, 0) is 37.1 Å². The number of likely N-dealkylation sites (tertiary alicyclic amines) is 1. The van der Waals surface area contributed by atoms with Crippen molar-refractivity contribution in [3.63, 3.8) is 0 Å². The van der Waals surface area contributed by atoms with Crippen LogP contribution in [0, 0.1) is 5.92 Å². The molecule has 11 heteroatoms. The standard InChI is InChI=1S/C24H23ClF2N4O3S/c1-30-17(5-7-28-30)16-11-20(35-21(16)25)24(33)31-12-14(10-19-18(31)6-8-34-19)23(32)29-15-4-2-3-13(9-15)22(26)27/h2-5,7,9,11,14,18-19,22H,6,8,10,12H2,1H3,(H,29,32)/t14?,18-,19+/m1/s1. The molecule has 1 aromatic carbocycles. The second-order valence-corrected chi connectivity index (χ2v) is 10.4. The molecule has 2 saturated heterocycles. The van der Waals surface area contributed by atoms with Crippen molar-refractivity contribution in [2.24, 2.45) is 13.0 Å². The zero-order valence-corrected chi connectivity index (χ0v) is 20.4. The molecular weight excluding hydrogens is 498 g/mol. The van der Waals surface area contributed by atoms with E-state index in [1.54, 1.807) is 35.0 Å². The van der Waals surface area contributed by atoms with Crippen LogP contribution >= 0.6 is 22.9 Å².